The second kappa shape index (κ2) is 7.98. The minimum absolute atomic E-state index is 0.514. The van der Waals surface area contributed by atoms with Crippen LogP contribution in [0.25, 0.3) is 11.0 Å². The van der Waals surface area contributed by atoms with Crippen molar-refractivity contribution in [2.24, 2.45) is 0 Å². The van der Waals surface area contributed by atoms with Crippen molar-refractivity contribution in [3.05, 3.63) is 60.2 Å². The van der Waals surface area contributed by atoms with E-state index in [9.17, 15) is 0 Å². The van der Waals surface area contributed by atoms with E-state index in [2.05, 4.69) is 27.4 Å². The van der Waals surface area contributed by atoms with Crippen LogP contribution in [0.15, 0.2) is 54.6 Å². The lowest BCUT2D eigenvalue weighted by Crippen LogP contribution is -2.05. The maximum atomic E-state index is 5.31. The van der Waals surface area contributed by atoms with Gasteiger partial charge in [-0.1, -0.05) is 56.3 Å². The molecule has 22 heavy (non-hydrogen) atoms. The molecule has 0 saturated heterocycles. The molecule has 3 rings (SSSR count). The molecule has 0 spiro atoms. The van der Waals surface area contributed by atoms with Gasteiger partial charge in [0.15, 0.2) is 5.82 Å². The average Bonchev–Trinajstić information content (AvgIpc) is 2.61. The maximum Gasteiger partial charge on any atom is 0.257 e. The zero-order chi connectivity index (χ0) is 15.8. The van der Waals surface area contributed by atoms with Crippen LogP contribution in [-0.2, 0) is 6.54 Å². The van der Waals surface area contributed by atoms with E-state index in [-0.39, 0.29) is 0 Å². The van der Waals surface area contributed by atoms with Crippen molar-refractivity contribution in [3.63, 3.8) is 0 Å². The molecule has 3 aromatic rings. The molecule has 2 aromatic carbocycles. The molecule has 1 aromatic heterocycles. The van der Waals surface area contributed by atoms with E-state index in [4.69, 9.17) is 4.74 Å². The highest BCUT2D eigenvalue weighted by Gasteiger charge is 2.08. The number of anilines is 1. The highest BCUT2D eigenvalue weighted by molar-refractivity contribution is 5.77. The molecule has 0 fully saturated rings. The predicted octanol–water partition coefficient (Wildman–Crippen LogP) is 4.28. The number of nitrogens with one attached hydrogen (secondary N) is 1. The molecule has 0 amide bonds. The van der Waals surface area contributed by atoms with Crippen LogP contribution >= 0.6 is 0 Å². The number of rotatable bonds is 4. The van der Waals surface area contributed by atoms with Gasteiger partial charge in [0.1, 0.15) is 0 Å². The largest absolute Gasteiger partial charge is 0.478 e. The Bertz CT molecular complexity index is 714. The van der Waals surface area contributed by atoms with E-state index in [0.29, 0.717) is 18.2 Å². The zero-order valence-corrected chi connectivity index (χ0v) is 13.2. The van der Waals surface area contributed by atoms with Gasteiger partial charge in [-0.2, -0.15) is 0 Å². The lowest BCUT2D eigenvalue weighted by Gasteiger charge is -2.10. The molecule has 0 unspecified atom stereocenters. The molecule has 0 saturated carbocycles. The van der Waals surface area contributed by atoms with Gasteiger partial charge in [-0.25, -0.2) is 9.97 Å². The van der Waals surface area contributed by atoms with Crippen LogP contribution in [0.1, 0.15) is 19.4 Å². The van der Waals surface area contributed by atoms with Crippen LogP contribution < -0.4 is 10.1 Å². The number of methoxy groups -OCH3 is 1. The topological polar surface area (TPSA) is 47.0 Å². The molecule has 114 valence electrons. The summed E-state index contributed by atoms with van der Waals surface area (Å²) in [6.07, 6.45) is 0. The number of aromatic nitrogens is 2. The number of fused-ring (bicyclic) bond motifs is 1. The number of hydrogen-bond acceptors (Lipinski definition) is 4. The molecule has 0 aliphatic rings. The predicted molar refractivity (Wildman–Crippen MR) is 91.2 cm³/mol. The van der Waals surface area contributed by atoms with Gasteiger partial charge in [-0.3, -0.25) is 0 Å². The number of ether oxygens (including phenoxy) is 1. The first-order valence-electron chi connectivity index (χ1n) is 7.45. The maximum absolute atomic E-state index is 5.31. The van der Waals surface area contributed by atoms with Crippen molar-refractivity contribution >= 4 is 16.9 Å². The Balaban J connectivity index is 0.000000847. The first kappa shape index (κ1) is 15.8. The molecular formula is C18H21N3O. The monoisotopic (exact) mass is 295 g/mol. The third kappa shape index (κ3) is 3.73. The molecule has 0 aliphatic heterocycles. The first-order chi connectivity index (χ1) is 10.9. The molecule has 0 radical (unpaired) electrons. The second-order valence-electron chi connectivity index (χ2n) is 4.41. The van der Waals surface area contributed by atoms with Crippen molar-refractivity contribution in [2.45, 2.75) is 20.4 Å². The van der Waals surface area contributed by atoms with Crippen molar-refractivity contribution in [3.8, 4) is 5.88 Å². The Morgan fingerprint density at radius 3 is 2.09 bits per heavy atom. The average molecular weight is 295 g/mol. The summed E-state index contributed by atoms with van der Waals surface area (Å²) in [6, 6.07) is 17.9. The molecule has 1 heterocycles. The van der Waals surface area contributed by atoms with Crippen molar-refractivity contribution in [2.75, 3.05) is 12.4 Å². The van der Waals surface area contributed by atoms with E-state index in [1.165, 1.54) is 5.56 Å². The van der Waals surface area contributed by atoms with E-state index < -0.39 is 0 Å². The Morgan fingerprint density at radius 1 is 0.864 bits per heavy atom. The minimum Gasteiger partial charge on any atom is -0.478 e. The van der Waals surface area contributed by atoms with E-state index in [1.807, 2.05) is 56.3 Å². The zero-order valence-electron chi connectivity index (χ0n) is 13.2. The molecule has 0 aliphatic carbocycles. The van der Waals surface area contributed by atoms with Gasteiger partial charge in [0, 0.05) is 6.54 Å². The number of benzene rings is 2. The van der Waals surface area contributed by atoms with Crippen molar-refractivity contribution in [1.29, 1.82) is 0 Å². The van der Waals surface area contributed by atoms with E-state index in [1.54, 1.807) is 7.11 Å². The third-order valence-electron chi connectivity index (χ3n) is 3.03. The summed E-state index contributed by atoms with van der Waals surface area (Å²) in [5, 5.41) is 3.27. The van der Waals surface area contributed by atoms with Crippen LogP contribution in [0.5, 0.6) is 5.88 Å². The quantitative estimate of drug-likeness (QED) is 0.780. The molecule has 0 atom stereocenters. The number of hydrogen-bond donors (Lipinski definition) is 1. The normalized spacial score (nSPS) is 9.77. The van der Waals surface area contributed by atoms with E-state index >= 15 is 0 Å². The summed E-state index contributed by atoms with van der Waals surface area (Å²) in [4.78, 5) is 9.02. The van der Waals surface area contributed by atoms with Gasteiger partial charge in [-0.05, 0) is 17.7 Å². The molecule has 1 N–H and O–H groups in total. The number of para-hydroxylation sites is 2. The van der Waals surface area contributed by atoms with Gasteiger partial charge in [0.2, 0.25) is 0 Å². The smallest absolute Gasteiger partial charge is 0.257 e. The summed E-state index contributed by atoms with van der Waals surface area (Å²) in [7, 11) is 1.60. The lowest BCUT2D eigenvalue weighted by molar-refractivity contribution is 0.400. The summed E-state index contributed by atoms with van der Waals surface area (Å²) < 4.78 is 5.31. The highest BCUT2D eigenvalue weighted by atomic mass is 16.5. The highest BCUT2D eigenvalue weighted by Crippen LogP contribution is 2.23. The Labute approximate surface area is 131 Å². The summed E-state index contributed by atoms with van der Waals surface area (Å²) >= 11 is 0. The molecule has 4 heteroatoms. The summed E-state index contributed by atoms with van der Waals surface area (Å²) in [5.41, 5.74) is 2.86. The number of nitrogens with zero attached hydrogens (tertiary/aromatic N) is 2. The molecular weight excluding hydrogens is 274 g/mol. The van der Waals surface area contributed by atoms with Crippen molar-refractivity contribution in [1.82, 2.24) is 9.97 Å². The summed E-state index contributed by atoms with van der Waals surface area (Å²) in [6.45, 7) is 4.68. The van der Waals surface area contributed by atoms with Gasteiger partial charge in [0.05, 0.1) is 18.1 Å². The van der Waals surface area contributed by atoms with E-state index in [0.717, 1.165) is 11.0 Å². The molecule has 4 nitrogen and oxygen atoms in total. The fourth-order valence-electron chi connectivity index (χ4n) is 2.02. The van der Waals surface area contributed by atoms with Crippen LogP contribution in [0.3, 0.4) is 0 Å². The van der Waals surface area contributed by atoms with Crippen molar-refractivity contribution < 1.29 is 4.74 Å². The van der Waals surface area contributed by atoms with Gasteiger partial charge in [-0.15, -0.1) is 0 Å². The van der Waals surface area contributed by atoms with Crippen LogP contribution in [0, 0.1) is 0 Å². The molecule has 0 bridgehead atoms. The summed E-state index contributed by atoms with van der Waals surface area (Å²) in [5.74, 6) is 1.18. The van der Waals surface area contributed by atoms with Crippen LogP contribution in [0.4, 0.5) is 5.82 Å². The fraction of sp³-hybridized carbons (Fsp3) is 0.222. The third-order valence-corrected chi connectivity index (χ3v) is 3.03. The Kier molecular flexibility index (Phi) is 5.72. The van der Waals surface area contributed by atoms with Gasteiger partial charge >= 0.3 is 0 Å². The SMILES string of the molecule is CC.COc1nc2ccccc2nc1NCc1ccccc1. The standard InChI is InChI=1S/C16H15N3O.C2H6/c1-20-16-15(17-11-12-7-3-2-4-8-12)18-13-9-5-6-10-14(13)19-16;1-2/h2-10H,11H2,1H3,(H,17,18);1-2H3. The van der Waals surface area contributed by atoms with Gasteiger partial charge in [0.25, 0.3) is 5.88 Å². The first-order valence-corrected chi connectivity index (χ1v) is 7.45. The second-order valence-corrected chi connectivity index (χ2v) is 4.41. The van der Waals surface area contributed by atoms with Gasteiger partial charge < -0.3 is 10.1 Å². The minimum atomic E-state index is 0.514. The fourth-order valence-corrected chi connectivity index (χ4v) is 2.02. The lowest BCUT2D eigenvalue weighted by atomic mass is 10.2. The van der Waals surface area contributed by atoms with Crippen LogP contribution in [0.2, 0.25) is 0 Å². The Morgan fingerprint density at radius 2 is 1.45 bits per heavy atom. The van der Waals surface area contributed by atoms with Crippen LogP contribution in [-0.4, -0.2) is 17.1 Å². The Hall–Kier alpha value is -2.62.